The van der Waals surface area contributed by atoms with Crippen molar-refractivity contribution < 1.29 is 19.1 Å². The number of benzene rings is 2. The lowest BCUT2D eigenvalue weighted by Crippen LogP contribution is -2.27. The molecule has 4 N–H and O–H groups in total. The second kappa shape index (κ2) is 10.4. The molecule has 2 rings (SSSR count). The molecule has 0 bridgehead atoms. The highest BCUT2D eigenvalue weighted by atomic mass is 16.5. The largest absolute Gasteiger partial charge is 0.493 e. The number of nitrogens with one attached hydrogen (secondary N) is 2. The first-order chi connectivity index (χ1) is 14.0. The molecule has 0 unspecified atom stereocenters. The summed E-state index contributed by atoms with van der Waals surface area (Å²) >= 11 is 0. The molecule has 2 aromatic rings. The third-order valence-corrected chi connectivity index (χ3v) is 4.06. The summed E-state index contributed by atoms with van der Waals surface area (Å²) in [5.41, 5.74) is 7.05. The molecule has 0 aliphatic heterocycles. The number of rotatable bonds is 9. The van der Waals surface area contributed by atoms with Crippen molar-refractivity contribution in [2.75, 3.05) is 26.1 Å². The summed E-state index contributed by atoms with van der Waals surface area (Å²) in [6, 6.07) is 13.7. The van der Waals surface area contributed by atoms with Crippen molar-refractivity contribution in [1.82, 2.24) is 5.32 Å². The van der Waals surface area contributed by atoms with Crippen LogP contribution in [0.2, 0.25) is 0 Å². The molecule has 0 aliphatic carbocycles. The minimum Gasteiger partial charge on any atom is -0.493 e. The van der Waals surface area contributed by atoms with Gasteiger partial charge in [-0.25, -0.2) is 0 Å². The Balaban J connectivity index is 1.91. The Morgan fingerprint density at radius 3 is 2.38 bits per heavy atom. The molecule has 150 valence electrons. The second-order valence-corrected chi connectivity index (χ2v) is 5.95. The van der Waals surface area contributed by atoms with Crippen LogP contribution in [0.5, 0.6) is 11.5 Å². The van der Waals surface area contributed by atoms with Crippen LogP contribution in [0.1, 0.15) is 15.9 Å². The van der Waals surface area contributed by atoms with Crippen molar-refractivity contribution in [2.24, 2.45) is 5.73 Å². The Kier molecular flexibility index (Phi) is 7.62. The van der Waals surface area contributed by atoms with E-state index in [0.29, 0.717) is 35.7 Å². The monoisotopic (exact) mass is 394 g/mol. The van der Waals surface area contributed by atoms with Crippen LogP contribution in [0.3, 0.4) is 0 Å². The number of ether oxygens (including phenoxy) is 2. The summed E-state index contributed by atoms with van der Waals surface area (Å²) in [5, 5.41) is 14.8. The molecule has 0 aromatic heterocycles. The van der Waals surface area contributed by atoms with Gasteiger partial charge in [-0.2, -0.15) is 5.26 Å². The van der Waals surface area contributed by atoms with E-state index in [4.69, 9.17) is 15.2 Å². The summed E-state index contributed by atoms with van der Waals surface area (Å²) in [5.74, 6) is 0.221. The topological polar surface area (TPSA) is 126 Å². The van der Waals surface area contributed by atoms with Crippen LogP contribution < -0.4 is 25.8 Å². The molecule has 0 atom stereocenters. The maximum Gasteiger partial charge on any atom is 0.263 e. The molecule has 8 heteroatoms. The molecule has 0 spiro atoms. The van der Waals surface area contributed by atoms with Gasteiger partial charge in [0.1, 0.15) is 11.6 Å². The highest BCUT2D eigenvalue weighted by molar-refractivity contribution is 5.97. The first kappa shape index (κ1) is 21.3. The molecular formula is C21H22N4O4. The number of nitrogens with zero attached hydrogens (tertiary/aromatic N) is 1. The number of hydrogen-bond acceptors (Lipinski definition) is 6. The number of primary amides is 1. The number of carbonyl (C=O) groups is 2. The van der Waals surface area contributed by atoms with Crippen LogP contribution in [-0.2, 0) is 11.2 Å². The Bertz CT molecular complexity index is 946. The summed E-state index contributed by atoms with van der Waals surface area (Å²) in [4.78, 5) is 23.3. The molecule has 0 fully saturated rings. The van der Waals surface area contributed by atoms with E-state index in [1.807, 2.05) is 18.2 Å². The van der Waals surface area contributed by atoms with Gasteiger partial charge in [0.15, 0.2) is 11.5 Å². The van der Waals surface area contributed by atoms with Crippen LogP contribution >= 0.6 is 0 Å². The molecule has 29 heavy (non-hydrogen) atoms. The van der Waals surface area contributed by atoms with E-state index < -0.39 is 11.8 Å². The standard InChI is InChI=1S/C21H22N4O4/c1-28-18-8-3-14(11-19(18)29-2)9-10-24-21(27)16(12-22)13-25-17-6-4-15(5-7-17)20(23)26/h3-8,11,13,25H,9-10H2,1-2H3,(H2,23,26)(H,24,27)/b16-13-. The lowest BCUT2D eigenvalue weighted by Gasteiger charge is -2.10. The maximum atomic E-state index is 12.2. The van der Waals surface area contributed by atoms with Gasteiger partial charge in [0.2, 0.25) is 5.91 Å². The number of carbonyl (C=O) groups excluding carboxylic acids is 2. The summed E-state index contributed by atoms with van der Waals surface area (Å²) in [6.45, 7) is 0.348. The van der Waals surface area contributed by atoms with E-state index in [-0.39, 0.29) is 5.57 Å². The van der Waals surface area contributed by atoms with Crippen LogP contribution in [0.15, 0.2) is 54.2 Å². The first-order valence-corrected chi connectivity index (χ1v) is 8.74. The van der Waals surface area contributed by atoms with E-state index in [9.17, 15) is 14.9 Å². The Hall–Kier alpha value is -3.99. The lowest BCUT2D eigenvalue weighted by molar-refractivity contribution is -0.117. The number of nitriles is 1. The Morgan fingerprint density at radius 2 is 1.79 bits per heavy atom. The quantitative estimate of drug-likeness (QED) is 0.441. The molecule has 2 amide bonds. The second-order valence-electron chi connectivity index (χ2n) is 5.95. The molecule has 8 nitrogen and oxygen atoms in total. The number of methoxy groups -OCH3 is 2. The molecule has 2 aromatic carbocycles. The zero-order valence-electron chi connectivity index (χ0n) is 16.2. The summed E-state index contributed by atoms with van der Waals surface area (Å²) < 4.78 is 10.4. The minimum atomic E-state index is -0.529. The Morgan fingerprint density at radius 1 is 1.10 bits per heavy atom. The highest BCUT2D eigenvalue weighted by Crippen LogP contribution is 2.27. The van der Waals surface area contributed by atoms with Gasteiger partial charge in [0.05, 0.1) is 14.2 Å². The fourth-order valence-electron chi connectivity index (χ4n) is 2.49. The van der Waals surface area contributed by atoms with Crippen molar-refractivity contribution in [1.29, 1.82) is 5.26 Å². The molecule has 0 aliphatic rings. The molecule has 0 heterocycles. The van der Waals surface area contributed by atoms with Gasteiger partial charge < -0.3 is 25.8 Å². The lowest BCUT2D eigenvalue weighted by atomic mass is 10.1. The van der Waals surface area contributed by atoms with Gasteiger partial charge in [0, 0.05) is 24.0 Å². The molecule has 0 saturated heterocycles. The van der Waals surface area contributed by atoms with Crippen LogP contribution in [0, 0.1) is 11.3 Å². The van der Waals surface area contributed by atoms with Crippen molar-refractivity contribution in [3.63, 3.8) is 0 Å². The minimum absolute atomic E-state index is 0.0729. The average Bonchev–Trinajstić information content (AvgIpc) is 2.74. The summed E-state index contributed by atoms with van der Waals surface area (Å²) in [6.07, 6.45) is 1.87. The summed E-state index contributed by atoms with van der Waals surface area (Å²) in [7, 11) is 3.12. The van der Waals surface area contributed by atoms with Gasteiger partial charge in [-0.05, 0) is 48.4 Å². The Labute approximate surface area is 168 Å². The van der Waals surface area contributed by atoms with Crippen molar-refractivity contribution in [3.05, 3.63) is 65.4 Å². The van der Waals surface area contributed by atoms with Crippen LogP contribution in [-0.4, -0.2) is 32.6 Å². The SMILES string of the molecule is COc1ccc(CCNC(=O)/C(C#N)=C\Nc2ccc(C(N)=O)cc2)cc1OC. The van der Waals surface area contributed by atoms with Crippen LogP contribution in [0.4, 0.5) is 5.69 Å². The number of nitrogens with two attached hydrogens (primary N) is 1. The molecule has 0 radical (unpaired) electrons. The fourth-order valence-corrected chi connectivity index (χ4v) is 2.49. The van der Waals surface area contributed by atoms with E-state index in [0.717, 1.165) is 5.56 Å². The van der Waals surface area contributed by atoms with E-state index in [1.165, 1.54) is 6.20 Å². The molecule has 0 saturated carbocycles. The fraction of sp³-hybridized carbons (Fsp3) is 0.190. The van der Waals surface area contributed by atoms with E-state index in [2.05, 4.69) is 10.6 Å². The predicted molar refractivity (Wildman–Crippen MR) is 109 cm³/mol. The van der Waals surface area contributed by atoms with E-state index in [1.54, 1.807) is 44.6 Å². The third-order valence-electron chi connectivity index (χ3n) is 4.06. The number of anilines is 1. The average molecular weight is 394 g/mol. The van der Waals surface area contributed by atoms with Crippen molar-refractivity contribution in [2.45, 2.75) is 6.42 Å². The van der Waals surface area contributed by atoms with Crippen molar-refractivity contribution >= 4 is 17.5 Å². The van der Waals surface area contributed by atoms with Gasteiger partial charge in [0.25, 0.3) is 5.91 Å². The van der Waals surface area contributed by atoms with Gasteiger partial charge in [-0.1, -0.05) is 6.07 Å². The normalized spacial score (nSPS) is 10.6. The van der Waals surface area contributed by atoms with Gasteiger partial charge in [-0.15, -0.1) is 0 Å². The smallest absolute Gasteiger partial charge is 0.263 e. The number of amides is 2. The molecular weight excluding hydrogens is 372 g/mol. The highest BCUT2D eigenvalue weighted by Gasteiger charge is 2.09. The maximum absolute atomic E-state index is 12.2. The zero-order valence-corrected chi connectivity index (χ0v) is 16.2. The van der Waals surface area contributed by atoms with Crippen LogP contribution in [0.25, 0.3) is 0 Å². The third kappa shape index (κ3) is 6.01. The number of hydrogen-bond donors (Lipinski definition) is 3. The van der Waals surface area contributed by atoms with E-state index >= 15 is 0 Å². The first-order valence-electron chi connectivity index (χ1n) is 8.74. The van der Waals surface area contributed by atoms with Crippen molar-refractivity contribution in [3.8, 4) is 17.6 Å². The zero-order chi connectivity index (χ0) is 21.2. The van der Waals surface area contributed by atoms with Gasteiger partial charge in [-0.3, -0.25) is 9.59 Å². The van der Waals surface area contributed by atoms with Gasteiger partial charge >= 0.3 is 0 Å². The predicted octanol–water partition coefficient (Wildman–Crippen LogP) is 1.98.